The van der Waals surface area contributed by atoms with Gasteiger partial charge >= 0.3 is 0 Å². The van der Waals surface area contributed by atoms with Crippen LogP contribution in [0, 0.1) is 5.92 Å². The molecule has 1 unspecified atom stereocenters. The fraction of sp³-hybridized carbons (Fsp3) is 1.00. The lowest BCUT2D eigenvalue weighted by Crippen LogP contribution is -2.07. The third-order valence-corrected chi connectivity index (χ3v) is 1.05. The highest BCUT2D eigenvalue weighted by Gasteiger charge is 2.02. The van der Waals surface area contributed by atoms with Crippen molar-refractivity contribution in [2.45, 2.75) is 13.8 Å². The van der Waals surface area contributed by atoms with E-state index in [0.717, 1.165) is 0 Å². The lowest BCUT2D eigenvalue weighted by Gasteiger charge is -2.16. The Hall–Kier alpha value is 0.0700. The summed E-state index contributed by atoms with van der Waals surface area (Å²) in [5.41, 5.74) is 0. The van der Waals surface area contributed by atoms with Crippen LogP contribution in [0.2, 0.25) is 0 Å². The molecule has 0 amide bonds. The number of rotatable bonds is 3. The Morgan fingerprint density at radius 3 is 2.20 bits per heavy atom. The summed E-state index contributed by atoms with van der Waals surface area (Å²) in [4.78, 5) is 17.9. The Bertz CT molecular complexity index is 120. The Kier molecular flexibility index (Phi) is 6.13. The molecule has 0 radical (unpaired) electrons. The van der Waals surface area contributed by atoms with Crippen LogP contribution < -0.4 is 11.0 Å². The molecule has 0 aliphatic rings. The van der Waals surface area contributed by atoms with Crippen LogP contribution in [-0.2, 0) is 9.09 Å². The van der Waals surface area contributed by atoms with E-state index in [4.69, 9.17) is 4.89 Å². The van der Waals surface area contributed by atoms with Crippen molar-refractivity contribution in [2.24, 2.45) is 5.92 Å². The van der Waals surface area contributed by atoms with Crippen molar-refractivity contribution in [1.82, 2.24) is 6.15 Å². The molecule has 5 N–H and O–H groups in total. The highest BCUT2D eigenvalue weighted by Crippen LogP contribution is 2.30. The minimum absolute atomic E-state index is 0. The lowest BCUT2D eigenvalue weighted by atomic mass is 10.2. The predicted octanol–water partition coefficient (Wildman–Crippen LogP) is 0.496. The van der Waals surface area contributed by atoms with E-state index in [0.29, 0.717) is 0 Å². The summed E-state index contributed by atoms with van der Waals surface area (Å²) in [5, 5.41) is 0. The van der Waals surface area contributed by atoms with Gasteiger partial charge in [-0.05, 0) is 5.92 Å². The average Bonchev–Trinajstić information content (AvgIpc) is 1.59. The molecule has 0 aromatic carbocycles. The van der Waals surface area contributed by atoms with Gasteiger partial charge in [-0.1, -0.05) is 13.8 Å². The smallest absolute Gasteiger partial charge is 0.265 e. The van der Waals surface area contributed by atoms with Crippen molar-refractivity contribution in [1.29, 1.82) is 0 Å². The molecule has 0 saturated heterocycles. The van der Waals surface area contributed by atoms with Gasteiger partial charge in [0.1, 0.15) is 0 Å². The van der Waals surface area contributed by atoms with E-state index in [1.807, 2.05) is 0 Å². The van der Waals surface area contributed by atoms with Crippen LogP contribution in [0.3, 0.4) is 0 Å². The third kappa shape index (κ3) is 10.9. The van der Waals surface area contributed by atoms with Crippen molar-refractivity contribution in [2.75, 3.05) is 6.61 Å². The largest absolute Gasteiger partial charge is 0.756 e. The summed E-state index contributed by atoms with van der Waals surface area (Å²) in [6, 6.07) is 0. The van der Waals surface area contributed by atoms with Crippen molar-refractivity contribution in [3.05, 3.63) is 0 Å². The highest BCUT2D eigenvalue weighted by molar-refractivity contribution is 7.44. The molecule has 5 nitrogen and oxygen atoms in total. The molecule has 0 aliphatic heterocycles. The van der Waals surface area contributed by atoms with Crippen molar-refractivity contribution in [3.8, 4) is 0 Å². The summed E-state index contributed by atoms with van der Waals surface area (Å²) in [6.07, 6.45) is 0. The van der Waals surface area contributed by atoms with Crippen molar-refractivity contribution >= 4 is 7.82 Å². The van der Waals surface area contributed by atoms with E-state index in [2.05, 4.69) is 4.52 Å². The molecule has 0 saturated carbocycles. The van der Waals surface area contributed by atoms with E-state index in [1.54, 1.807) is 13.8 Å². The second-order valence-electron chi connectivity index (χ2n) is 2.16. The maximum atomic E-state index is 9.90. The topological polar surface area (TPSA) is 106 Å². The quantitative estimate of drug-likeness (QED) is 0.602. The molecule has 0 heterocycles. The zero-order valence-corrected chi connectivity index (χ0v) is 7.30. The summed E-state index contributed by atoms with van der Waals surface area (Å²) in [5.74, 6) is 0.111. The zero-order chi connectivity index (χ0) is 7.49. The second-order valence-corrected chi connectivity index (χ2v) is 3.35. The first kappa shape index (κ1) is 12.7. The van der Waals surface area contributed by atoms with E-state index in [1.165, 1.54) is 0 Å². The Morgan fingerprint density at radius 2 is 2.10 bits per heavy atom. The number of phosphoric acid groups is 1. The third-order valence-electron chi connectivity index (χ3n) is 0.571. The first-order valence-electron chi connectivity index (χ1n) is 2.60. The summed E-state index contributed by atoms with van der Waals surface area (Å²) in [6.45, 7) is 3.61. The molecule has 0 fully saturated rings. The summed E-state index contributed by atoms with van der Waals surface area (Å²) in [7, 11) is -4.47. The first-order chi connectivity index (χ1) is 3.92. The van der Waals surface area contributed by atoms with Gasteiger partial charge < -0.3 is 20.5 Å². The zero-order valence-electron chi connectivity index (χ0n) is 6.40. The number of quaternary nitrogens is 1. The van der Waals surface area contributed by atoms with Crippen LogP contribution in [-0.4, -0.2) is 11.5 Å². The van der Waals surface area contributed by atoms with Crippen molar-refractivity contribution in [3.63, 3.8) is 0 Å². The van der Waals surface area contributed by atoms with Crippen LogP contribution in [0.4, 0.5) is 0 Å². The first-order valence-corrected chi connectivity index (χ1v) is 4.09. The molecule has 6 heteroatoms. The summed E-state index contributed by atoms with van der Waals surface area (Å²) < 4.78 is 13.9. The number of hydrogen-bond acceptors (Lipinski definition) is 3. The Morgan fingerprint density at radius 1 is 1.70 bits per heavy atom. The number of phosphoric ester groups is 1. The van der Waals surface area contributed by atoms with Gasteiger partial charge in [-0.2, -0.15) is 0 Å². The molecule has 0 aromatic heterocycles. The molecule has 64 valence electrons. The predicted molar refractivity (Wildman–Crippen MR) is 36.6 cm³/mol. The monoisotopic (exact) mass is 171 g/mol. The highest BCUT2D eigenvalue weighted by atomic mass is 31.2. The second kappa shape index (κ2) is 4.82. The van der Waals surface area contributed by atoms with Crippen LogP contribution in [0.5, 0.6) is 0 Å². The Balaban J connectivity index is 0. The lowest BCUT2D eigenvalue weighted by molar-refractivity contribution is -0.220. The maximum absolute atomic E-state index is 9.90. The van der Waals surface area contributed by atoms with Gasteiger partial charge in [0.05, 0.1) is 6.61 Å². The molecule has 1 atom stereocenters. The van der Waals surface area contributed by atoms with E-state index < -0.39 is 7.82 Å². The Labute approximate surface area is 60.2 Å². The van der Waals surface area contributed by atoms with Crippen LogP contribution in [0.15, 0.2) is 0 Å². The average molecular weight is 171 g/mol. The van der Waals surface area contributed by atoms with Gasteiger partial charge in [0.25, 0.3) is 7.82 Å². The molecular formula is C4H14NO4P. The van der Waals surface area contributed by atoms with Crippen LogP contribution in [0.25, 0.3) is 0 Å². The van der Waals surface area contributed by atoms with Crippen LogP contribution in [0.1, 0.15) is 13.8 Å². The molecule has 0 spiro atoms. The van der Waals surface area contributed by atoms with Gasteiger partial charge in [0.2, 0.25) is 0 Å². The molecule has 0 bridgehead atoms. The molecule has 0 rings (SSSR count). The standard InChI is InChI=1S/C4H11O4P.H3N/c1-4(2)3-8-9(5,6)7;/h4H,3H2,1-2H3,(H2,5,6,7);1H3. The molecule has 0 aromatic rings. The maximum Gasteiger partial charge on any atom is 0.265 e. The fourth-order valence-electron chi connectivity index (χ4n) is 0.243. The van der Waals surface area contributed by atoms with Crippen molar-refractivity contribution < 1.29 is 18.9 Å². The SMILES string of the molecule is CC(C)COP(=O)([O-])O.[NH4+]. The minimum atomic E-state index is -4.47. The van der Waals surface area contributed by atoms with Gasteiger partial charge in [-0.3, -0.25) is 4.57 Å². The van der Waals surface area contributed by atoms with Crippen LogP contribution >= 0.6 is 7.82 Å². The van der Waals surface area contributed by atoms with Gasteiger partial charge in [0.15, 0.2) is 0 Å². The fourth-order valence-corrected chi connectivity index (χ4v) is 0.730. The molecular weight excluding hydrogens is 157 g/mol. The minimum Gasteiger partial charge on any atom is -0.756 e. The molecule has 0 aliphatic carbocycles. The number of hydrogen-bond donors (Lipinski definition) is 2. The molecule has 10 heavy (non-hydrogen) atoms. The normalized spacial score (nSPS) is 16.1. The van der Waals surface area contributed by atoms with Gasteiger partial charge in [-0.15, -0.1) is 0 Å². The van der Waals surface area contributed by atoms with E-state index in [-0.39, 0.29) is 18.7 Å². The van der Waals surface area contributed by atoms with Gasteiger partial charge in [-0.25, -0.2) is 0 Å². The van der Waals surface area contributed by atoms with E-state index in [9.17, 15) is 9.46 Å². The van der Waals surface area contributed by atoms with Gasteiger partial charge in [0, 0.05) is 0 Å². The summed E-state index contributed by atoms with van der Waals surface area (Å²) >= 11 is 0. The van der Waals surface area contributed by atoms with E-state index >= 15 is 0 Å².